The zero-order valence-corrected chi connectivity index (χ0v) is 24.0. The number of likely N-dealkylation sites (tertiary alicyclic amines) is 1. The van der Waals surface area contributed by atoms with Crippen molar-refractivity contribution in [3.63, 3.8) is 0 Å². The number of aromatic nitrogens is 2. The van der Waals surface area contributed by atoms with Gasteiger partial charge in [0.05, 0.1) is 12.1 Å². The SMILES string of the molecule is CCN1CCC(c2ccc(C(=O)Nc3cc(N(CCOC)c4ccc5c(ccn5C(=O)NC)c4)ccn3)cc2)CC1. The molecular formula is C32H38N6O3. The summed E-state index contributed by atoms with van der Waals surface area (Å²) in [6, 6.07) is 19.4. The molecule has 0 saturated carbocycles. The quantitative estimate of drug-likeness (QED) is 0.286. The Bertz CT molecular complexity index is 1490. The first-order chi connectivity index (χ1) is 20.0. The van der Waals surface area contributed by atoms with Gasteiger partial charge in [0.1, 0.15) is 5.82 Å². The fourth-order valence-electron chi connectivity index (χ4n) is 5.52. The number of methoxy groups -OCH3 is 1. The smallest absolute Gasteiger partial charge is 0.325 e. The summed E-state index contributed by atoms with van der Waals surface area (Å²) in [7, 11) is 3.28. The Morgan fingerprint density at radius 2 is 1.78 bits per heavy atom. The molecule has 0 aliphatic carbocycles. The Balaban J connectivity index is 1.32. The molecule has 0 atom stereocenters. The maximum Gasteiger partial charge on any atom is 0.325 e. The van der Waals surface area contributed by atoms with E-state index in [9.17, 15) is 9.59 Å². The lowest BCUT2D eigenvalue weighted by Crippen LogP contribution is -2.32. The molecule has 214 valence electrons. The molecule has 9 nitrogen and oxygen atoms in total. The van der Waals surface area contributed by atoms with Crippen molar-refractivity contribution in [2.24, 2.45) is 0 Å². The van der Waals surface area contributed by atoms with Crippen molar-refractivity contribution in [1.82, 2.24) is 19.8 Å². The minimum atomic E-state index is -0.192. The van der Waals surface area contributed by atoms with Crippen LogP contribution in [0.2, 0.25) is 0 Å². The molecule has 2 amide bonds. The number of anilines is 3. The van der Waals surface area contributed by atoms with Crippen molar-refractivity contribution >= 4 is 40.0 Å². The van der Waals surface area contributed by atoms with E-state index in [1.54, 1.807) is 31.1 Å². The van der Waals surface area contributed by atoms with Crippen LogP contribution in [0.25, 0.3) is 10.9 Å². The third-order valence-electron chi connectivity index (χ3n) is 7.91. The second-order valence-electron chi connectivity index (χ2n) is 10.3. The van der Waals surface area contributed by atoms with Gasteiger partial charge < -0.3 is 25.2 Å². The number of carbonyl (C=O) groups excluding carboxylic acids is 2. The number of ether oxygens (including phenoxy) is 1. The van der Waals surface area contributed by atoms with Gasteiger partial charge >= 0.3 is 6.03 Å². The van der Waals surface area contributed by atoms with Crippen molar-refractivity contribution in [3.8, 4) is 0 Å². The zero-order chi connectivity index (χ0) is 28.8. The summed E-state index contributed by atoms with van der Waals surface area (Å²) >= 11 is 0. The highest BCUT2D eigenvalue weighted by Gasteiger charge is 2.20. The number of rotatable bonds is 9. The number of nitrogens with one attached hydrogen (secondary N) is 2. The van der Waals surface area contributed by atoms with Gasteiger partial charge in [-0.15, -0.1) is 0 Å². The number of fused-ring (bicyclic) bond motifs is 1. The average molecular weight is 555 g/mol. The highest BCUT2D eigenvalue weighted by Crippen LogP contribution is 2.31. The molecule has 1 aliphatic rings. The molecular weight excluding hydrogens is 516 g/mol. The average Bonchev–Trinajstić information content (AvgIpc) is 3.45. The molecule has 41 heavy (non-hydrogen) atoms. The van der Waals surface area contributed by atoms with Gasteiger partial charge in [-0.3, -0.25) is 9.36 Å². The molecule has 2 aromatic carbocycles. The van der Waals surface area contributed by atoms with Crippen LogP contribution in [0.1, 0.15) is 41.6 Å². The summed E-state index contributed by atoms with van der Waals surface area (Å²) in [5.41, 5.74) is 4.53. The van der Waals surface area contributed by atoms with E-state index in [-0.39, 0.29) is 11.9 Å². The van der Waals surface area contributed by atoms with Gasteiger partial charge in [-0.1, -0.05) is 19.1 Å². The van der Waals surface area contributed by atoms with Gasteiger partial charge in [0, 0.05) is 61.5 Å². The van der Waals surface area contributed by atoms with Gasteiger partial charge in [-0.05, 0) is 86.4 Å². The molecule has 1 aliphatic heterocycles. The number of pyridine rings is 1. The number of hydrogen-bond donors (Lipinski definition) is 2. The Morgan fingerprint density at radius 1 is 1.02 bits per heavy atom. The van der Waals surface area contributed by atoms with Crippen molar-refractivity contribution in [3.05, 3.63) is 84.2 Å². The number of amides is 2. The largest absolute Gasteiger partial charge is 0.383 e. The maximum atomic E-state index is 13.1. The standard InChI is InChI=1S/C32H38N6O3/c1-4-36-16-12-24(13-17-36)23-5-7-25(8-6-23)31(39)35-30-22-28(11-15-34-30)37(19-20-41-3)27-9-10-29-26(21-27)14-18-38(29)32(40)33-2/h5-11,14-15,18,21-22,24H,4,12-13,16-17,19-20H2,1-3H3,(H,33,40)(H,34,35,39). The van der Waals surface area contributed by atoms with Crippen molar-refractivity contribution < 1.29 is 14.3 Å². The molecule has 0 bridgehead atoms. The summed E-state index contributed by atoms with van der Waals surface area (Å²) < 4.78 is 6.97. The third kappa shape index (κ3) is 6.42. The summed E-state index contributed by atoms with van der Waals surface area (Å²) in [5, 5.41) is 6.56. The normalized spacial score (nSPS) is 14.2. The van der Waals surface area contributed by atoms with Crippen LogP contribution in [-0.4, -0.2) is 73.3 Å². The Hall–Kier alpha value is -4.21. The predicted molar refractivity (Wildman–Crippen MR) is 163 cm³/mol. The van der Waals surface area contributed by atoms with Crippen LogP contribution < -0.4 is 15.5 Å². The first kappa shape index (κ1) is 28.3. The molecule has 1 fully saturated rings. The van der Waals surface area contributed by atoms with E-state index in [4.69, 9.17) is 4.74 Å². The molecule has 3 heterocycles. The van der Waals surface area contributed by atoms with Crippen LogP contribution in [0.5, 0.6) is 0 Å². The minimum Gasteiger partial charge on any atom is -0.383 e. The topological polar surface area (TPSA) is 91.7 Å². The molecule has 1 saturated heterocycles. The summed E-state index contributed by atoms with van der Waals surface area (Å²) in [6.45, 7) is 6.67. The fraction of sp³-hybridized carbons (Fsp3) is 0.344. The second kappa shape index (κ2) is 13.0. The van der Waals surface area contributed by atoms with E-state index in [1.807, 2.05) is 48.5 Å². The second-order valence-corrected chi connectivity index (χ2v) is 10.3. The number of nitrogens with zero attached hydrogens (tertiary/aromatic N) is 4. The van der Waals surface area contributed by atoms with Gasteiger partial charge in [0.15, 0.2) is 0 Å². The van der Waals surface area contributed by atoms with E-state index >= 15 is 0 Å². The van der Waals surface area contributed by atoms with E-state index in [1.165, 1.54) is 5.56 Å². The number of carbonyl (C=O) groups is 2. The van der Waals surface area contributed by atoms with Crippen LogP contribution in [0.4, 0.5) is 22.0 Å². The van der Waals surface area contributed by atoms with Crippen LogP contribution in [0.3, 0.4) is 0 Å². The molecule has 5 rings (SSSR count). The fourth-order valence-corrected chi connectivity index (χ4v) is 5.52. The van der Waals surface area contributed by atoms with Crippen molar-refractivity contribution in [2.45, 2.75) is 25.7 Å². The van der Waals surface area contributed by atoms with Gasteiger partial charge in [-0.25, -0.2) is 9.78 Å². The monoisotopic (exact) mass is 554 g/mol. The molecule has 2 N–H and O–H groups in total. The predicted octanol–water partition coefficient (Wildman–Crippen LogP) is 5.46. The van der Waals surface area contributed by atoms with Crippen molar-refractivity contribution in [1.29, 1.82) is 0 Å². The highest BCUT2D eigenvalue weighted by molar-refractivity contribution is 6.04. The lowest BCUT2D eigenvalue weighted by atomic mass is 9.89. The van der Waals surface area contributed by atoms with E-state index in [2.05, 4.69) is 44.5 Å². The first-order valence-corrected chi connectivity index (χ1v) is 14.2. The summed E-state index contributed by atoms with van der Waals surface area (Å²) in [4.78, 5) is 34.3. The minimum absolute atomic E-state index is 0.189. The molecule has 4 aromatic rings. The molecule has 0 unspecified atom stereocenters. The molecule has 2 aromatic heterocycles. The number of piperidine rings is 1. The zero-order valence-electron chi connectivity index (χ0n) is 24.0. The maximum absolute atomic E-state index is 13.1. The Kier molecular flexibility index (Phi) is 8.96. The van der Waals surface area contributed by atoms with Crippen LogP contribution in [-0.2, 0) is 4.74 Å². The highest BCUT2D eigenvalue weighted by atomic mass is 16.5. The van der Waals surface area contributed by atoms with Gasteiger partial charge in [0.2, 0.25) is 0 Å². The lowest BCUT2D eigenvalue weighted by molar-refractivity contribution is 0.102. The van der Waals surface area contributed by atoms with E-state index in [0.29, 0.717) is 30.5 Å². The van der Waals surface area contributed by atoms with Crippen LogP contribution >= 0.6 is 0 Å². The number of hydrogen-bond acceptors (Lipinski definition) is 6. The van der Waals surface area contributed by atoms with Gasteiger partial charge in [0.25, 0.3) is 5.91 Å². The molecule has 0 spiro atoms. The van der Waals surface area contributed by atoms with E-state index < -0.39 is 0 Å². The van der Waals surface area contributed by atoms with Crippen molar-refractivity contribution in [2.75, 3.05) is 57.2 Å². The Morgan fingerprint density at radius 3 is 2.49 bits per heavy atom. The lowest BCUT2D eigenvalue weighted by Gasteiger charge is -2.31. The molecule has 0 radical (unpaired) electrons. The Labute approximate surface area is 241 Å². The van der Waals surface area contributed by atoms with E-state index in [0.717, 1.165) is 54.8 Å². The first-order valence-electron chi connectivity index (χ1n) is 14.2. The van der Waals surface area contributed by atoms with Crippen LogP contribution in [0, 0.1) is 0 Å². The third-order valence-corrected chi connectivity index (χ3v) is 7.91. The molecule has 9 heteroatoms. The summed E-state index contributed by atoms with van der Waals surface area (Å²) in [6.07, 6.45) is 5.76. The van der Waals surface area contributed by atoms with Crippen LogP contribution in [0.15, 0.2) is 73.1 Å². The summed E-state index contributed by atoms with van der Waals surface area (Å²) in [5.74, 6) is 0.827. The number of benzene rings is 2. The van der Waals surface area contributed by atoms with Gasteiger partial charge in [-0.2, -0.15) is 0 Å².